The Balaban J connectivity index is 1.41. The molecule has 4 rings (SSSR count). The van der Waals surface area contributed by atoms with Crippen LogP contribution in [0.1, 0.15) is 36.8 Å². The van der Waals surface area contributed by atoms with Crippen molar-refractivity contribution in [1.29, 1.82) is 0 Å². The van der Waals surface area contributed by atoms with E-state index in [4.69, 9.17) is 4.74 Å². The van der Waals surface area contributed by atoms with Crippen LogP contribution >= 0.6 is 0 Å². The number of ketones is 1. The van der Waals surface area contributed by atoms with E-state index in [0.29, 0.717) is 12.8 Å². The maximum atomic E-state index is 13.9. The minimum absolute atomic E-state index is 0.109. The average Bonchev–Trinajstić information content (AvgIpc) is 3.07. The number of hydrogen-bond donors (Lipinski definition) is 0. The zero-order valence-corrected chi connectivity index (χ0v) is 16.9. The zero-order valence-electron chi connectivity index (χ0n) is 16.9. The molecule has 0 N–H and O–H groups in total. The number of halogens is 5. The van der Waals surface area contributed by atoms with Crippen molar-refractivity contribution in [3.8, 4) is 0 Å². The molecule has 32 heavy (non-hydrogen) atoms. The van der Waals surface area contributed by atoms with Crippen molar-refractivity contribution < 1.29 is 36.3 Å². The van der Waals surface area contributed by atoms with Crippen molar-refractivity contribution >= 4 is 11.9 Å². The molecule has 0 aliphatic carbocycles. The van der Waals surface area contributed by atoms with Gasteiger partial charge in [-0.1, -0.05) is 30.3 Å². The largest absolute Gasteiger partial charge is 0.445 e. The van der Waals surface area contributed by atoms with E-state index >= 15 is 0 Å². The molecule has 1 amide bonds. The van der Waals surface area contributed by atoms with Crippen molar-refractivity contribution in [2.45, 2.75) is 50.8 Å². The van der Waals surface area contributed by atoms with Gasteiger partial charge in [-0.15, -0.1) is 0 Å². The van der Waals surface area contributed by atoms with Crippen LogP contribution in [0.25, 0.3) is 0 Å². The Morgan fingerprint density at radius 2 is 1.38 bits per heavy atom. The third kappa shape index (κ3) is 4.08. The second-order valence-corrected chi connectivity index (χ2v) is 8.19. The number of Topliss-reactive ketones (excluding diaryl/α,β-unsaturated/α-hetero) is 1. The molecule has 2 saturated heterocycles. The first kappa shape index (κ1) is 22.2. The minimum atomic E-state index is -2.25. The predicted octanol–water partition coefficient (Wildman–Crippen LogP) is 5.07. The van der Waals surface area contributed by atoms with Crippen LogP contribution in [0.3, 0.4) is 0 Å². The number of hydrogen-bond acceptors (Lipinski definition) is 3. The summed E-state index contributed by atoms with van der Waals surface area (Å²) in [6.07, 6.45) is 0.423. The minimum Gasteiger partial charge on any atom is -0.445 e. The van der Waals surface area contributed by atoms with Gasteiger partial charge >= 0.3 is 6.09 Å². The van der Waals surface area contributed by atoms with Gasteiger partial charge in [-0.3, -0.25) is 4.79 Å². The summed E-state index contributed by atoms with van der Waals surface area (Å²) in [4.78, 5) is 26.9. The highest BCUT2D eigenvalue weighted by Gasteiger charge is 2.46. The zero-order chi connectivity index (χ0) is 23.0. The van der Waals surface area contributed by atoms with E-state index in [9.17, 15) is 31.5 Å². The van der Waals surface area contributed by atoms with Gasteiger partial charge < -0.3 is 9.64 Å². The standard InChI is InChI=1S/C23H20F5NO3/c24-18-16(19(25)21(27)22(28)20(18)26)10-17(30)13-8-14-6-7-15(9-13)29(14)23(31)32-11-12-4-2-1-3-5-12/h1-5,13-15H,6-11H2. The number of benzene rings is 2. The molecule has 0 radical (unpaired) electrons. The molecule has 2 atom stereocenters. The van der Waals surface area contributed by atoms with Crippen LogP contribution in [-0.4, -0.2) is 28.9 Å². The Bertz CT molecular complexity index is 1000. The molecule has 2 aromatic carbocycles. The van der Waals surface area contributed by atoms with Crippen LogP contribution < -0.4 is 0 Å². The van der Waals surface area contributed by atoms with Crippen molar-refractivity contribution in [1.82, 2.24) is 4.90 Å². The Hall–Kier alpha value is -2.97. The number of fused-ring (bicyclic) bond motifs is 2. The molecule has 170 valence electrons. The summed E-state index contributed by atoms with van der Waals surface area (Å²) in [5, 5.41) is 0. The lowest BCUT2D eigenvalue weighted by atomic mass is 9.85. The smallest absolute Gasteiger partial charge is 0.410 e. The van der Waals surface area contributed by atoms with E-state index in [1.165, 1.54) is 0 Å². The van der Waals surface area contributed by atoms with Gasteiger partial charge in [-0.2, -0.15) is 0 Å². The maximum absolute atomic E-state index is 13.9. The number of nitrogens with zero attached hydrogens (tertiary/aromatic N) is 1. The maximum Gasteiger partial charge on any atom is 0.410 e. The fourth-order valence-electron chi connectivity index (χ4n) is 4.66. The fourth-order valence-corrected chi connectivity index (χ4v) is 4.66. The summed E-state index contributed by atoms with van der Waals surface area (Å²) >= 11 is 0. The average molecular weight is 453 g/mol. The Kier molecular flexibility index (Phi) is 6.17. The molecule has 0 spiro atoms. The van der Waals surface area contributed by atoms with Crippen molar-refractivity contribution in [3.63, 3.8) is 0 Å². The Labute approximate surface area is 181 Å². The van der Waals surface area contributed by atoms with E-state index in [1.807, 2.05) is 30.3 Å². The molecule has 2 aliphatic rings. The second-order valence-electron chi connectivity index (χ2n) is 8.19. The molecule has 0 saturated carbocycles. The lowest BCUT2D eigenvalue weighted by Crippen LogP contribution is -2.48. The van der Waals surface area contributed by atoms with E-state index in [1.54, 1.807) is 4.90 Å². The molecule has 0 aromatic heterocycles. The van der Waals surface area contributed by atoms with Gasteiger partial charge in [-0.25, -0.2) is 26.7 Å². The highest BCUT2D eigenvalue weighted by molar-refractivity contribution is 5.84. The highest BCUT2D eigenvalue weighted by Crippen LogP contribution is 2.40. The van der Waals surface area contributed by atoms with Crippen LogP contribution in [0.4, 0.5) is 26.7 Å². The summed E-state index contributed by atoms with van der Waals surface area (Å²) in [5.74, 6) is -11.6. The Morgan fingerprint density at radius 1 is 0.844 bits per heavy atom. The molecule has 2 fully saturated rings. The van der Waals surface area contributed by atoms with Crippen LogP contribution in [-0.2, 0) is 22.6 Å². The molecule has 2 aromatic rings. The van der Waals surface area contributed by atoms with E-state index in [-0.39, 0.29) is 31.5 Å². The Morgan fingerprint density at radius 3 is 1.94 bits per heavy atom. The van der Waals surface area contributed by atoms with E-state index in [0.717, 1.165) is 5.56 Å². The number of amides is 1. The molecule has 2 aliphatic heterocycles. The molecule has 2 heterocycles. The van der Waals surface area contributed by atoms with Gasteiger partial charge in [0, 0.05) is 30.0 Å². The van der Waals surface area contributed by atoms with Crippen molar-refractivity contribution in [2.24, 2.45) is 5.92 Å². The molecular weight excluding hydrogens is 433 g/mol. The highest BCUT2D eigenvalue weighted by atomic mass is 19.2. The summed E-state index contributed by atoms with van der Waals surface area (Å²) in [5.41, 5.74) is -0.287. The number of rotatable bonds is 5. The second kappa shape index (κ2) is 8.88. The van der Waals surface area contributed by atoms with Crippen LogP contribution in [0.2, 0.25) is 0 Å². The normalized spacial score (nSPS) is 22.2. The van der Waals surface area contributed by atoms with Gasteiger partial charge in [0.05, 0.1) is 0 Å². The van der Waals surface area contributed by atoms with Gasteiger partial charge in [-0.05, 0) is 31.2 Å². The quantitative estimate of drug-likeness (QED) is 0.361. The number of carbonyl (C=O) groups excluding carboxylic acids is 2. The molecule has 9 heteroatoms. The third-order valence-corrected chi connectivity index (χ3v) is 6.26. The number of piperidine rings is 1. The van der Waals surface area contributed by atoms with Crippen LogP contribution in [0.5, 0.6) is 0 Å². The SMILES string of the molecule is O=C(Cc1c(F)c(F)c(F)c(F)c1F)C1CC2CCC(C1)N2C(=O)OCc1ccccc1. The first-order valence-electron chi connectivity index (χ1n) is 10.3. The monoisotopic (exact) mass is 453 g/mol. The molecule has 2 bridgehead atoms. The summed E-state index contributed by atoms with van der Waals surface area (Å²) in [6.45, 7) is 0.109. The first-order chi connectivity index (χ1) is 15.3. The predicted molar refractivity (Wildman–Crippen MR) is 103 cm³/mol. The molecular formula is C23H20F5NO3. The van der Waals surface area contributed by atoms with Crippen LogP contribution in [0, 0.1) is 35.0 Å². The summed E-state index contributed by atoms with van der Waals surface area (Å²) in [6, 6.07) is 8.60. The lowest BCUT2D eigenvalue weighted by Gasteiger charge is -2.37. The van der Waals surface area contributed by atoms with E-state index in [2.05, 4.69) is 0 Å². The first-order valence-corrected chi connectivity index (χ1v) is 10.3. The van der Waals surface area contributed by atoms with Gasteiger partial charge in [0.2, 0.25) is 5.82 Å². The number of carbonyl (C=O) groups is 2. The summed E-state index contributed by atoms with van der Waals surface area (Å²) < 4.78 is 73.4. The number of ether oxygens (including phenoxy) is 1. The van der Waals surface area contributed by atoms with Gasteiger partial charge in [0.15, 0.2) is 23.3 Å². The fraction of sp³-hybridized carbons (Fsp3) is 0.391. The van der Waals surface area contributed by atoms with E-state index < -0.39 is 58.9 Å². The molecule has 4 nitrogen and oxygen atoms in total. The lowest BCUT2D eigenvalue weighted by molar-refractivity contribution is -0.124. The van der Waals surface area contributed by atoms with Crippen molar-refractivity contribution in [3.05, 3.63) is 70.5 Å². The van der Waals surface area contributed by atoms with Gasteiger partial charge in [0.25, 0.3) is 0 Å². The van der Waals surface area contributed by atoms with Crippen LogP contribution in [0.15, 0.2) is 30.3 Å². The third-order valence-electron chi connectivity index (χ3n) is 6.26. The van der Waals surface area contributed by atoms with Gasteiger partial charge in [0.1, 0.15) is 12.4 Å². The topological polar surface area (TPSA) is 46.6 Å². The summed E-state index contributed by atoms with van der Waals surface area (Å²) in [7, 11) is 0. The van der Waals surface area contributed by atoms with Crippen molar-refractivity contribution in [2.75, 3.05) is 0 Å². The molecule has 2 unspecified atom stereocenters.